The summed E-state index contributed by atoms with van der Waals surface area (Å²) in [4.78, 5) is 16.5. The van der Waals surface area contributed by atoms with Crippen LogP contribution in [-0.4, -0.2) is 13.0 Å². The molecule has 5 nitrogen and oxygen atoms in total. The molecule has 0 atom stereocenters. The van der Waals surface area contributed by atoms with E-state index in [9.17, 15) is 4.79 Å². The fourth-order valence-corrected chi connectivity index (χ4v) is 3.16. The smallest absolute Gasteiger partial charge is 0.250 e. The lowest BCUT2D eigenvalue weighted by molar-refractivity contribution is 0.100. The van der Waals surface area contributed by atoms with Gasteiger partial charge in [0, 0.05) is 22.0 Å². The summed E-state index contributed by atoms with van der Waals surface area (Å²) < 4.78 is 11.4. The third-order valence-corrected chi connectivity index (χ3v) is 4.74. The maximum atomic E-state index is 11.8. The SMILES string of the molecule is COc1ccc2oc(-c3ccc(Cl)cc3)cc(=Nc3ccccc3C(N)=O)c2c1. The van der Waals surface area contributed by atoms with Crippen molar-refractivity contribution in [2.75, 3.05) is 7.11 Å². The van der Waals surface area contributed by atoms with E-state index in [2.05, 4.69) is 0 Å². The summed E-state index contributed by atoms with van der Waals surface area (Å²) in [5, 5.41) is 2.02. The number of ether oxygens (including phenoxy) is 1. The van der Waals surface area contributed by atoms with Gasteiger partial charge in [0.05, 0.1) is 23.7 Å². The van der Waals surface area contributed by atoms with E-state index in [1.165, 1.54) is 0 Å². The van der Waals surface area contributed by atoms with Gasteiger partial charge >= 0.3 is 0 Å². The number of carbonyl (C=O) groups excluding carboxylic acids is 1. The van der Waals surface area contributed by atoms with Crippen LogP contribution in [0.1, 0.15) is 10.4 Å². The Bertz CT molecular complexity index is 1280. The van der Waals surface area contributed by atoms with Crippen LogP contribution in [-0.2, 0) is 0 Å². The highest BCUT2D eigenvalue weighted by Gasteiger charge is 2.10. The zero-order chi connectivity index (χ0) is 20.4. The van der Waals surface area contributed by atoms with Crippen LogP contribution in [0.15, 0.2) is 82.2 Å². The molecule has 0 saturated carbocycles. The average Bonchev–Trinajstić information content (AvgIpc) is 2.74. The zero-order valence-electron chi connectivity index (χ0n) is 15.6. The first-order chi connectivity index (χ1) is 14.0. The van der Waals surface area contributed by atoms with Gasteiger partial charge < -0.3 is 14.9 Å². The second-order valence-electron chi connectivity index (χ2n) is 6.36. The summed E-state index contributed by atoms with van der Waals surface area (Å²) in [7, 11) is 1.60. The maximum Gasteiger partial charge on any atom is 0.250 e. The summed E-state index contributed by atoms with van der Waals surface area (Å²) in [6.45, 7) is 0. The van der Waals surface area contributed by atoms with Crippen molar-refractivity contribution in [1.82, 2.24) is 0 Å². The molecular formula is C23H17ClN2O3. The molecule has 0 spiro atoms. The van der Waals surface area contributed by atoms with Crippen molar-refractivity contribution in [3.8, 4) is 17.1 Å². The lowest BCUT2D eigenvalue weighted by Crippen LogP contribution is -2.12. The summed E-state index contributed by atoms with van der Waals surface area (Å²) >= 11 is 6.01. The Labute approximate surface area is 172 Å². The molecule has 144 valence electrons. The molecule has 0 saturated heterocycles. The number of fused-ring (bicyclic) bond motifs is 1. The van der Waals surface area contributed by atoms with Crippen molar-refractivity contribution in [3.63, 3.8) is 0 Å². The lowest BCUT2D eigenvalue weighted by Gasteiger charge is -2.08. The Hall–Kier alpha value is -3.57. The fourth-order valence-electron chi connectivity index (χ4n) is 3.03. The summed E-state index contributed by atoms with van der Waals surface area (Å²) in [6, 6.07) is 21.6. The van der Waals surface area contributed by atoms with Gasteiger partial charge in [-0.2, -0.15) is 0 Å². The molecule has 6 heteroatoms. The molecule has 4 rings (SSSR count). The normalized spacial score (nSPS) is 11.6. The minimum Gasteiger partial charge on any atom is -0.497 e. The summed E-state index contributed by atoms with van der Waals surface area (Å²) in [6.07, 6.45) is 0. The first-order valence-electron chi connectivity index (χ1n) is 8.86. The van der Waals surface area contributed by atoms with Crippen LogP contribution in [0.25, 0.3) is 22.3 Å². The monoisotopic (exact) mass is 404 g/mol. The van der Waals surface area contributed by atoms with Crippen molar-refractivity contribution in [1.29, 1.82) is 0 Å². The Kier molecular flexibility index (Phi) is 5.06. The molecule has 29 heavy (non-hydrogen) atoms. The number of primary amides is 1. The lowest BCUT2D eigenvalue weighted by atomic mass is 10.1. The van der Waals surface area contributed by atoms with Crippen LogP contribution in [0.3, 0.4) is 0 Å². The van der Waals surface area contributed by atoms with Gasteiger partial charge in [-0.3, -0.25) is 4.79 Å². The molecule has 3 aromatic carbocycles. The van der Waals surface area contributed by atoms with Gasteiger partial charge in [-0.05, 0) is 54.6 Å². The Morgan fingerprint density at radius 2 is 1.79 bits per heavy atom. The van der Waals surface area contributed by atoms with Crippen molar-refractivity contribution in [2.45, 2.75) is 0 Å². The number of methoxy groups -OCH3 is 1. The van der Waals surface area contributed by atoms with Crippen LogP contribution in [0, 0.1) is 0 Å². The third kappa shape index (κ3) is 3.86. The quantitative estimate of drug-likeness (QED) is 0.514. The first kappa shape index (κ1) is 18.8. The molecule has 0 aliphatic carbocycles. The Morgan fingerprint density at radius 3 is 2.52 bits per heavy atom. The fraction of sp³-hybridized carbons (Fsp3) is 0.0435. The molecule has 1 amide bonds. The predicted molar refractivity (Wildman–Crippen MR) is 113 cm³/mol. The number of hydrogen-bond acceptors (Lipinski definition) is 4. The van der Waals surface area contributed by atoms with Gasteiger partial charge in [-0.1, -0.05) is 23.7 Å². The minimum absolute atomic E-state index is 0.345. The Balaban J connectivity index is 2.02. The number of benzene rings is 3. The number of hydrogen-bond donors (Lipinski definition) is 1. The number of nitrogens with two attached hydrogens (primary N) is 1. The second-order valence-corrected chi connectivity index (χ2v) is 6.79. The second kappa shape index (κ2) is 7.81. The molecule has 0 aliphatic rings. The maximum absolute atomic E-state index is 11.8. The van der Waals surface area contributed by atoms with E-state index in [0.29, 0.717) is 38.7 Å². The van der Waals surface area contributed by atoms with E-state index < -0.39 is 5.91 Å². The highest BCUT2D eigenvalue weighted by molar-refractivity contribution is 6.30. The van der Waals surface area contributed by atoms with Crippen LogP contribution in [0.5, 0.6) is 5.75 Å². The van der Waals surface area contributed by atoms with Gasteiger partial charge in [0.2, 0.25) is 0 Å². The van der Waals surface area contributed by atoms with Gasteiger partial charge in [-0.25, -0.2) is 4.99 Å². The van der Waals surface area contributed by atoms with Crippen molar-refractivity contribution < 1.29 is 13.9 Å². The third-order valence-electron chi connectivity index (χ3n) is 4.49. The van der Waals surface area contributed by atoms with E-state index in [1.807, 2.05) is 42.5 Å². The molecule has 2 N–H and O–H groups in total. The van der Waals surface area contributed by atoms with E-state index in [0.717, 1.165) is 10.9 Å². The van der Waals surface area contributed by atoms with E-state index in [1.54, 1.807) is 37.4 Å². The largest absolute Gasteiger partial charge is 0.497 e. The zero-order valence-corrected chi connectivity index (χ0v) is 16.3. The van der Waals surface area contributed by atoms with Crippen LogP contribution >= 0.6 is 11.6 Å². The number of carbonyl (C=O) groups is 1. The highest BCUT2D eigenvalue weighted by atomic mass is 35.5. The number of para-hydroxylation sites is 1. The summed E-state index contributed by atoms with van der Waals surface area (Å²) in [5.41, 5.74) is 7.83. The molecule has 0 fully saturated rings. The van der Waals surface area contributed by atoms with Gasteiger partial charge in [-0.15, -0.1) is 0 Å². The molecular weight excluding hydrogens is 388 g/mol. The van der Waals surface area contributed by atoms with E-state index >= 15 is 0 Å². The van der Waals surface area contributed by atoms with Crippen molar-refractivity contribution >= 4 is 34.2 Å². The van der Waals surface area contributed by atoms with Crippen LogP contribution < -0.4 is 15.8 Å². The predicted octanol–water partition coefficient (Wildman–Crippen LogP) is 5.09. The van der Waals surface area contributed by atoms with Crippen LogP contribution in [0.4, 0.5) is 5.69 Å². The Morgan fingerprint density at radius 1 is 1.03 bits per heavy atom. The first-order valence-corrected chi connectivity index (χ1v) is 9.24. The van der Waals surface area contributed by atoms with E-state index in [4.69, 9.17) is 31.5 Å². The number of halogens is 1. The molecule has 0 unspecified atom stereocenters. The number of rotatable bonds is 4. The topological polar surface area (TPSA) is 77.8 Å². The van der Waals surface area contributed by atoms with Gasteiger partial charge in [0.1, 0.15) is 17.1 Å². The van der Waals surface area contributed by atoms with E-state index in [-0.39, 0.29) is 0 Å². The molecule has 1 aromatic heterocycles. The average molecular weight is 405 g/mol. The van der Waals surface area contributed by atoms with Crippen LogP contribution in [0.2, 0.25) is 5.02 Å². The molecule has 1 heterocycles. The minimum atomic E-state index is -0.537. The molecule has 0 radical (unpaired) electrons. The van der Waals surface area contributed by atoms with Crippen molar-refractivity contribution in [3.05, 3.63) is 88.7 Å². The number of amides is 1. The standard InChI is InChI=1S/C23H17ClN2O3/c1-28-16-10-11-21-18(12-16)20(26-19-5-3-2-4-17(19)23(25)27)13-22(29-21)14-6-8-15(24)9-7-14/h2-13H,1H3,(H2,25,27). The molecule has 0 aliphatic heterocycles. The highest BCUT2D eigenvalue weighted by Crippen LogP contribution is 2.26. The number of nitrogens with zero attached hydrogens (tertiary/aromatic N) is 1. The van der Waals surface area contributed by atoms with Gasteiger partial charge in [0.25, 0.3) is 5.91 Å². The molecule has 4 aromatic rings. The van der Waals surface area contributed by atoms with Gasteiger partial charge in [0.15, 0.2) is 0 Å². The molecule has 0 bridgehead atoms. The van der Waals surface area contributed by atoms with Crippen molar-refractivity contribution in [2.24, 2.45) is 10.7 Å². The summed E-state index contributed by atoms with van der Waals surface area (Å²) in [5.74, 6) is 0.756.